The van der Waals surface area contributed by atoms with Crippen molar-refractivity contribution in [3.63, 3.8) is 0 Å². The van der Waals surface area contributed by atoms with E-state index >= 15 is 0 Å². The summed E-state index contributed by atoms with van der Waals surface area (Å²) in [6, 6.07) is 8.38. The number of rotatable bonds is 5. The molecule has 1 aliphatic rings. The van der Waals surface area contributed by atoms with Crippen LogP contribution in [-0.2, 0) is 6.42 Å². The molecule has 2 rings (SSSR count). The van der Waals surface area contributed by atoms with Gasteiger partial charge in [-0.1, -0.05) is 12.1 Å². The van der Waals surface area contributed by atoms with E-state index in [-0.39, 0.29) is 6.61 Å². The number of hydrogen-bond donors (Lipinski definition) is 2. The van der Waals surface area contributed by atoms with Gasteiger partial charge in [0, 0.05) is 18.8 Å². The lowest BCUT2D eigenvalue weighted by Gasteiger charge is -2.11. The molecule has 1 aromatic carbocycles. The Labute approximate surface area is 101 Å². The Balaban J connectivity index is 1.80. The van der Waals surface area contributed by atoms with Gasteiger partial charge in [0.25, 0.3) is 0 Å². The number of aliphatic hydroxyl groups excluding tert-OH is 1. The first-order valence-electron chi connectivity index (χ1n) is 5.90. The summed E-state index contributed by atoms with van der Waals surface area (Å²) in [6.45, 7) is 1.32. The minimum Gasteiger partial charge on any atom is -0.396 e. The lowest BCUT2D eigenvalue weighted by Crippen LogP contribution is -2.13. The lowest BCUT2D eigenvalue weighted by molar-refractivity contribution is 0.299. The van der Waals surface area contributed by atoms with Crippen LogP contribution in [0.5, 0.6) is 0 Å². The van der Waals surface area contributed by atoms with Gasteiger partial charge in [0.15, 0.2) is 0 Å². The standard InChI is InChI=1S/C13H19NOS/c15-7-5-11-1-3-13(4-2-11)14-9-12-6-8-16-10-12/h1-4,12,14-15H,5-10H2. The van der Waals surface area contributed by atoms with E-state index < -0.39 is 0 Å². The maximum atomic E-state index is 8.82. The molecule has 1 fully saturated rings. The Hall–Kier alpha value is -0.670. The Morgan fingerprint density at radius 3 is 2.75 bits per heavy atom. The second kappa shape index (κ2) is 6.16. The molecule has 1 aliphatic heterocycles. The maximum absolute atomic E-state index is 8.82. The average Bonchev–Trinajstić information content (AvgIpc) is 2.82. The van der Waals surface area contributed by atoms with Crippen molar-refractivity contribution in [2.45, 2.75) is 12.8 Å². The summed E-state index contributed by atoms with van der Waals surface area (Å²) < 4.78 is 0. The first-order chi connectivity index (χ1) is 7.88. The summed E-state index contributed by atoms with van der Waals surface area (Å²) in [6.07, 6.45) is 2.10. The predicted molar refractivity (Wildman–Crippen MR) is 71.2 cm³/mol. The molecule has 88 valence electrons. The Bertz CT molecular complexity index is 306. The molecule has 0 aliphatic carbocycles. The monoisotopic (exact) mass is 237 g/mol. The molecule has 2 N–H and O–H groups in total. The van der Waals surface area contributed by atoms with Gasteiger partial charge in [-0.25, -0.2) is 0 Å². The van der Waals surface area contributed by atoms with Gasteiger partial charge in [-0.2, -0.15) is 11.8 Å². The first-order valence-corrected chi connectivity index (χ1v) is 7.05. The van der Waals surface area contributed by atoms with Gasteiger partial charge in [0.2, 0.25) is 0 Å². The van der Waals surface area contributed by atoms with E-state index in [0.29, 0.717) is 0 Å². The third-order valence-corrected chi connectivity index (χ3v) is 4.20. The van der Waals surface area contributed by atoms with E-state index in [1.165, 1.54) is 29.2 Å². The zero-order valence-corrected chi connectivity index (χ0v) is 10.3. The topological polar surface area (TPSA) is 32.3 Å². The molecule has 0 saturated carbocycles. The third-order valence-electron chi connectivity index (χ3n) is 2.97. The molecule has 0 radical (unpaired) electrons. The van der Waals surface area contributed by atoms with Gasteiger partial charge in [0.1, 0.15) is 0 Å². The fourth-order valence-electron chi connectivity index (χ4n) is 1.92. The Morgan fingerprint density at radius 2 is 2.12 bits per heavy atom. The van der Waals surface area contributed by atoms with Crippen molar-refractivity contribution in [3.8, 4) is 0 Å². The predicted octanol–water partition coefficient (Wildman–Crippen LogP) is 2.39. The van der Waals surface area contributed by atoms with Crippen molar-refractivity contribution in [1.82, 2.24) is 0 Å². The molecule has 16 heavy (non-hydrogen) atoms. The molecule has 0 bridgehead atoms. The summed E-state index contributed by atoms with van der Waals surface area (Å²) in [7, 11) is 0. The normalized spacial score (nSPS) is 19.9. The number of nitrogens with one attached hydrogen (secondary N) is 1. The maximum Gasteiger partial charge on any atom is 0.0471 e. The second-order valence-corrected chi connectivity index (χ2v) is 5.43. The smallest absolute Gasteiger partial charge is 0.0471 e. The van der Waals surface area contributed by atoms with E-state index in [1.807, 2.05) is 0 Å². The van der Waals surface area contributed by atoms with Crippen LogP contribution in [0.15, 0.2) is 24.3 Å². The highest BCUT2D eigenvalue weighted by Crippen LogP contribution is 2.23. The minimum atomic E-state index is 0.228. The van der Waals surface area contributed by atoms with Crippen molar-refractivity contribution in [3.05, 3.63) is 29.8 Å². The number of benzene rings is 1. The molecule has 0 aromatic heterocycles. The zero-order valence-electron chi connectivity index (χ0n) is 9.48. The van der Waals surface area contributed by atoms with Crippen LogP contribution in [0.4, 0.5) is 5.69 Å². The van der Waals surface area contributed by atoms with E-state index in [4.69, 9.17) is 5.11 Å². The fraction of sp³-hybridized carbons (Fsp3) is 0.538. The largest absolute Gasteiger partial charge is 0.396 e. The minimum absolute atomic E-state index is 0.228. The van der Waals surface area contributed by atoms with Crippen molar-refractivity contribution in [2.24, 2.45) is 5.92 Å². The van der Waals surface area contributed by atoms with Crippen LogP contribution in [0.3, 0.4) is 0 Å². The molecule has 1 heterocycles. The highest BCUT2D eigenvalue weighted by atomic mass is 32.2. The Kier molecular flexibility index (Phi) is 4.55. The van der Waals surface area contributed by atoms with Crippen LogP contribution in [-0.4, -0.2) is 29.8 Å². The third kappa shape index (κ3) is 3.42. The van der Waals surface area contributed by atoms with Crippen molar-refractivity contribution in [2.75, 3.05) is 30.0 Å². The number of hydrogen-bond acceptors (Lipinski definition) is 3. The quantitative estimate of drug-likeness (QED) is 0.824. The highest BCUT2D eigenvalue weighted by molar-refractivity contribution is 7.99. The van der Waals surface area contributed by atoms with Crippen LogP contribution in [0.2, 0.25) is 0 Å². The molecule has 3 heteroatoms. The summed E-state index contributed by atoms with van der Waals surface area (Å²) in [5, 5.41) is 12.3. The van der Waals surface area contributed by atoms with Gasteiger partial charge < -0.3 is 10.4 Å². The van der Waals surface area contributed by atoms with Gasteiger partial charge in [0.05, 0.1) is 0 Å². The van der Waals surface area contributed by atoms with E-state index in [1.54, 1.807) is 0 Å². The van der Waals surface area contributed by atoms with Crippen molar-refractivity contribution >= 4 is 17.4 Å². The first kappa shape index (κ1) is 11.8. The van der Waals surface area contributed by atoms with Gasteiger partial charge in [-0.05, 0) is 48.0 Å². The molecular weight excluding hydrogens is 218 g/mol. The molecule has 0 amide bonds. The second-order valence-electron chi connectivity index (χ2n) is 4.28. The number of aliphatic hydroxyl groups is 1. The highest BCUT2D eigenvalue weighted by Gasteiger charge is 2.14. The SMILES string of the molecule is OCCc1ccc(NCC2CCSC2)cc1. The summed E-state index contributed by atoms with van der Waals surface area (Å²) in [4.78, 5) is 0. The van der Waals surface area contributed by atoms with Crippen LogP contribution < -0.4 is 5.32 Å². The van der Waals surface area contributed by atoms with Crippen LogP contribution in [0, 0.1) is 5.92 Å². The average molecular weight is 237 g/mol. The molecule has 1 atom stereocenters. The molecular formula is C13H19NOS. The fourth-order valence-corrected chi connectivity index (χ4v) is 3.21. The van der Waals surface area contributed by atoms with Gasteiger partial charge in [-0.3, -0.25) is 0 Å². The number of anilines is 1. The molecule has 0 spiro atoms. The lowest BCUT2D eigenvalue weighted by atomic mass is 10.1. The van der Waals surface area contributed by atoms with Crippen LogP contribution in [0.1, 0.15) is 12.0 Å². The molecule has 1 saturated heterocycles. The summed E-state index contributed by atoms with van der Waals surface area (Å²) in [5.74, 6) is 3.46. The van der Waals surface area contributed by atoms with Crippen LogP contribution >= 0.6 is 11.8 Å². The van der Waals surface area contributed by atoms with E-state index in [9.17, 15) is 0 Å². The van der Waals surface area contributed by atoms with E-state index in [2.05, 4.69) is 41.3 Å². The van der Waals surface area contributed by atoms with Crippen LogP contribution in [0.25, 0.3) is 0 Å². The van der Waals surface area contributed by atoms with Crippen molar-refractivity contribution in [1.29, 1.82) is 0 Å². The van der Waals surface area contributed by atoms with Crippen molar-refractivity contribution < 1.29 is 5.11 Å². The summed E-state index contributed by atoms with van der Waals surface area (Å²) >= 11 is 2.06. The van der Waals surface area contributed by atoms with Gasteiger partial charge in [-0.15, -0.1) is 0 Å². The van der Waals surface area contributed by atoms with Gasteiger partial charge >= 0.3 is 0 Å². The Morgan fingerprint density at radius 1 is 1.31 bits per heavy atom. The van der Waals surface area contributed by atoms with E-state index in [0.717, 1.165) is 18.9 Å². The summed E-state index contributed by atoms with van der Waals surface area (Å²) in [5.41, 5.74) is 2.39. The molecule has 2 nitrogen and oxygen atoms in total. The molecule has 1 aromatic rings. The molecule has 1 unspecified atom stereocenters. The number of thioether (sulfide) groups is 1. The zero-order chi connectivity index (χ0) is 11.2.